The van der Waals surface area contributed by atoms with Crippen molar-refractivity contribution >= 4 is 5.97 Å². The molecule has 0 aromatic carbocycles. The quantitative estimate of drug-likeness (QED) is 0.738. The van der Waals surface area contributed by atoms with Crippen LogP contribution in [0.4, 0.5) is 0 Å². The van der Waals surface area contributed by atoms with Gasteiger partial charge in [0.1, 0.15) is 0 Å². The number of hydrogen-bond acceptors (Lipinski definition) is 3. The Labute approximate surface area is 103 Å². The van der Waals surface area contributed by atoms with E-state index in [-0.39, 0.29) is 12.0 Å². The van der Waals surface area contributed by atoms with Gasteiger partial charge in [-0.3, -0.25) is 4.79 Å². The lowest BCUT2D eigenvalue weighted by Gasteiger charge is -2.11. The molecule has 0 aliphatic rings. The summed E-state index contributed by atoms with van der Waals surface area (Å²) < 4.78 is 6.81. The Balaban J connectivity index is 2.31. The van der Waals surface area contributed by atoms with Gasteiger partial charge >= 0.3 is 5.97 Å². The van der Waals surface area contributed by atoms with Gasteiger partial charge in [-0.25, -0.2) is 0 Å². The second kappa shape index (κ2) is 7.12. The molecule has 0 spiro atoms. The summed E-state index contributed by atoms with van der Waals surface area (Å²) >= 11 is 0. The Morgan fingerprint density at radius 1 is 1.59 bits per heavy atom. The zero-order valence-electron chi connectivity index (χ0n) is 10.9. The summed E-state index contributed by atoms with van der Waals surface area (Å²) in [5, 5.41) is 3.31. The van der Waals surface area contributed by atoms with Gasteiger partial charge in [0.05, 0.1) is 13.5 Å². The molecule has 0 aliphatic carbocycles. The number of ether oxygens (including phenoxy) is 1. The molecule has 0 bridgehead atoms. The number of esters is 1. The summed E-state index contributed by atoms with van der Waals surface area (Å²) in [6.45, 7) is 5.99. The molecule has 4 heteroatoms. The van der Waals surface area contributed by atoms with Crippen molar-refractivity contribution in [2.75, 3.05) is 7.11 Å². The van der Waals surface area contributed by atoms with Crippen LogP contribution in [0.5, 0.6) is 0 Å². The molecule has 96 valence electrons. The summed E-state index contributed by atoms with van der Waals surface area (Å²) in [5.41, 5.74) is 1.25. The fraction of sp³-hybridized carbons (Fsp3) is 0.615. The summed E-state index contributed by atoms with van der Waals surface area (Å²) in [4.78, 5) is 11.1. The van der Waals surface area contributed by atoms with Gasteiger partial charge in [0.25, 0.3) is 0 Å². The molecule has 1 heterocycles. The van der Waals surface area contributed by atoms with E-state index in [1.165, 1.54) is 12.7 Å². The van der Waals surface area contributed by atoms with E-state index in [2.05, 4.69) is 40.0 Å². The third-order valence-corrected chi connectivity index (χ3v) is 2.65. The zero-order valence-corrected chi connectivity index (χ0v) is 10.9. The molecule has 1 unspecified atom stereocenters. The highest BCUT2D eigenvalue weighted by Crippen LogP contribution is 2.03. The topological polar surface area (TPSA) is 43.3 Å². The lowest BCUT2D eigenvalue weighted by atomic mass is 10.2. The lowest BCUT2D eigenvalue weighted by molar-refractivity contribution is -0.141. The molecule has 0 radical (unpaired) electrons. The normalized spacial score (nSPS) is 12.4. The zero-order chi connectivity index (χ0) is 12.7. The molecule has 0 fully saturated rings. The van der Waals surface area contributed by atoms with Gasteiger partial charge < -0.3 is 14.6 Å². The van der Waals surface area contributed by atoms with Crippen molar-refractivity contribution < 1.29 is 9.53 Å². The van der Waals surface area contributed by atoms with Crippen molar-refractivity contribution in [3.05, 3.63) is 24.0 Å². The Bertz CT molecular complexity index is 347. The van der Waals surface area contributed by atoms with Gasteiger partial charge in [0.15, 0.2) is 0 Å². The molecule has 1 N–H and O–H groups in total. The Hall–Kier alpha value is -1.29. The lowest BCUT2D eigenvalue weighted by Crippen LogP contribution is -2.28. The van der Waals surface area contributed by atoms with Gasteiger partial charge in [-0.1, -0.05) is 6.92 Å². The number of rotatable bonds is 7. The van der Waals surface area contributed by atoms with Gasteiger partial charge in [0.2, 0.25) is 0 Å². The van der Waals surface area contributed by atoms with Crippen LogP contribution in [0, 0.1) is 0 Å². The van der Waals surface area contributed by atoms with Crippen molar-refractivity contribution in [2.24, 2.45) is 0 Å². The number of carbonyl (C=O) groups excluding carboxylic acids is 1. The second-order valence-corrected chi connectivity index (χ2v) is 4.32. The third-order valence-electron chi connectivity index (χ3n) is 2.65. The van der Waals surface area contributed by atoms with Crippen LogP contribution in [0.1, 0.15) is 32.3 Å². The fourth-order valence-electron chi connectivity index (χ4n) is 1.69. The smallest absolute Gasteiger partial charge is 0.307 e. The van der Waals surface area contributed by atoms with E-state index in [0.717, 1.165) is 19.5 Å². The van der Waals surface area contributed by atoms with E-state index in [9.17, 15) is 4.79 Å². The number of nitrogens with one attached hydrogen (secondary N) is 1. The van der Waals surface area contributed by atoms with Crippen LogP contribution < -0.4 is 5.32 Å². The van der Waals surface area contributed by atoms with Crippen LogP contribution in [0.15, 0.2) is 18.5 Å². The number of nitrogens with zero attached hydrogens (tertiary/aromatic N) is 1. The maximum absolute atomic E-state index is 11.1. The first kappa shape index (κ1) is 13.8. The van der Waals surface area contributed by atoms with E-state index >= 15 is 0 Å². The number of hydrogen-bond donors (Lipinski definition) is 1. The van der Waals surface area contributed by atoms with Crippen LogP contribution in [0.25, 0.3) is 0 Å². The highest BCUT2D eigenvalue weighted by Gasteiger charge is 2.08. The molecule has 0 saturated carbocycles. The van der Waals surface area contributed by atoms with Crippen molar-refractivity contribution in [1.82, 2.24) is 9.88 Å². The van der Waals surface area contributed by atoms with Gasteiger partial charge in [-0.05, 0) is 25.0 Å². The molecule has 4 nitrogen and oxygen atoms in total. The minimum Gasteiger partial charge on any atom is -0.469 e. The predicted molar refractivity (Wildman–Crippen MR) is 67.7 cm³/mol. The monoisotopic (exact) mass is 238 g/mol. The molecule has 0 aliphatic heterocycles. The molecule has 0 amide bonds. The summed E-state index contributed by atoms with van der Waals surface area (Å²) in [6, 6.07) is 2.24. The molecular formula is C13H22N2O2. The Morgan fingerprint density at radius 2 is 2.35 bits per heavy atom. The first-order chi connectivity index (χ1) is 8.15. The molecule has 1 aromatic heterocycles. The standard InChI is InChI=1S/C13H22N2O2/c1-4-6-15-7-5-12(10-15)9-14-11(2)8-13(16)17-3/h5,7,10-11,14H,4,6,8-9H2,1-3H3. The first-order valence-corrected chi connectivity index (χ1v) is 6.10. The van der Waals surface area contributed by atoms with Crippen LogP contribution in [0.2, 0.25) is 0 Å². The maximum Gasteiger partial charge on any atom is 0.307 e. The van der Waals surface area contributed by atoms with E-state index in [1.807, 2.05) is 6.92 Å². The van der Waals surface area contributed by atoms with Crippen molar-refractivity contribution in [3.8, 4) is 0 Å². The molecule has 1 atom stereocenters. The Kier molecular flexibility index (Phi) is 5.77. The number of aryl methyl sites for hydroxylation is 1. The average Bonchev–Trinajstić information content (AvgIpc) is 2.74. The van der Waals surface area contributed by atoms with Crippen molar-refractivity contribution in [1.29, 1.82) is 0 Å². The van der Waals surface area contributed by atoms with Gasteiger partial charge in [-0.15, -0.1) is 0 Å². The van der Waals surface area contributed by atoms with Crippen molar-refractivity contribution in [2.45, 2.75) is 45.8 Å². The largest absolute Gasteiger partial charge is 0.469 e. The minimum atomic E-state index is -0.173. The third kappa shape index (κ3) is 5.04. The number of aromatic nitrogens is 1. The summed E-state index contributed by atoms with van der Waals surface area (Å²) in [6.07, 6.45) is 5.78. The van der Waals surface area contributed by atoms with Crippen LogP contribution >= 0.6 is 0 Å². The highest BCUT2D eigenvalue weighted by atomic mass is 16.5. The molecule has 0 saturated heterocycles. The maximum atomic E-state index is 11.1. The number of carbonyl (C=O) groups is 1. The van der Waals surface area contributed by atoms with Gasteiger partial charge in [0, 0.05) is 31.5 Å². The molecular weight excluding hydrogens is 216 g/mol. The summed E-state index contributed by atoms with van der Waals surface area (Å²) in [7, 11) is 1.42. The SMILES string of the molecule is CCCn1ccc(CNC(C)CC(=O)OC)c1. The molecule has 17 heavy (non-hydrogen) atoms. The second-order valence-electron chi connectivity index (χ2n) is 4.32. The van der Waals surface area contributed by atoms with E-state index in [4.69, 9.17) is 0 Å². The Morgan fingerprint density at radius 3 is 3.00 bits per heavy atom. The molecule has 1 rings (SSSR count). The highest BCUT2D eigenvalue weighted by molar-refractivity contribution is 5.69. The van der Waals surface area contributed by atoms with Gasteiger partial charge in [-0.2, -0.15) is 0 Å². The van der Waals surface area contributed by atoms with E-state index in [1.54, 1.807) is 0 Å². The van der Waals surface area contributed by atoms with E-state index in [0.29, 0.717) is 6.42 Å². The van der Waals surface area contributed by atoms with Crippen LogP contribution in [-0.4, -0.2) is 23.7 Å². The van der Waals surface area contributed by atoms with E-state index < -0.39 is 0 Å². The number of methoxy groups -OCH3 is 1. The predicted octanol–water partition coefficient (Wildman–Crippen LogP) is 1.94. The van der Waals surface area contributed by atoms with Crippen LogP contribution in [0.3, 0.4) is 0 Å². The fourth-order valence-corrected chi connectivity index (χ4v) is 1.69. The molecule has 1 aromatic rings. The first-order valence-electron chi connectivity index (χ1n) is 6.10. The summed E-state index contributed by atoms with van der Waals surface area (Å²) in [5.74, 6) is -0.173. The average molecular weight is 238 g/mol. The van der Waals surface area contributed by atoms with Crippen LogP contribution in [-0.2, 0) is 22.6 Å². The van der Waals surface area contributed by atoms with Crippen molar-refractivity contribution in [3.63, 3.8) is 0 Å². The minimum absolute atomic E-state index is 0.136.